The van der Waals surface area contributed by atoms with Crippen LogP contribution in [-0.2, 0) is 4.74 Å². The first-order valence-electron chi connectivity index (χ1n) is 6.03. The monoisotopic (exact) mass is 282 g/mol. The van der Waals surface area contributed by atoms with Gasteiger partial charge in [-0.25, -0.2) is 9.97 Å². The van der Waals surface area contributed by atoms with Gasteiger partial charge < -0.3 is 25.0 Å². The molecule has 0 saturated carbocycles. The first-order chi connectivity index (χ1) is 9.46. The summed E-state index contributed by atoms with van der Waals surface area (Å²) in [5.74, 6) is 0. The van der Waals surface area contributed by atoms with Gasteiger partial charge in [0.05, 0.1) is 19.3 Å². The van der Waals surface area contributed by atoms with Gasteiger partial charge in [0.25, 0.3) is 5.56 Å². The molecular formula is C11H14N4O5. The average molecular weight is 282 g/mol. The Bertz CT molecular complexity index is 693. The molecule has 0 bridgehead atoms. The molecule has 0 aromatic carbocycles. The van der Waals surface area contributed by atoms with Gasteiger partial charge in [-0.1, -0.05) is 0 Å². The van der Waals surface area contributed by atoms with E-state index in [0.29, 0.717) is 0 Å². The Labute approximate surface area is 112 Å². The predicted molar refractivity (Wildman–Crippen MR) is 65.8 cm³/mol. The molecule has 9 heteroatoms. The van der Waals surface area contributed by atoms with Crippen LogP contribution in [0.4, 0.5) is 0 Å². The molecule has 0 amide bonds. The fraction of sp³-hybridized carbons (Fsp3) is 0.545. The van der Waals surface area contributed by atoms with Crippen molar-refractivity contribution in [2.75, 3.05) is 6.61 Å². The summed E-state index contributed by atoms with van der Waals surface area (Å²) in [4.78, 5) is 21.9. The Morgan fingerprint density at radius 3 is 2.95 bits per heavy atom. The normalized spacial score (nSPS) is 33.9. The quantitative estimate of drug-likeness (QED) is 0.506. The lowest BCUT2D eigenvalue weighted by molar-refractivity contribution is -0.0950. The number of aromatic nitrogens is 4. The van der Waals surface area contributed by atoms with Gasteiger partial charge in [0.2, 0.25) is 0 Å². The van der Waals surface area contributed by atoms with Gasteiger partial charge in [0.15, 0.2) is 17.4 Å². The molecule has 2 unspecified atom stereocenters. The van der Waals surface area contributed by atoms with Crippen LogP contribution in [0.25, 0.3) is 11.2 Å². The van der Waals surface area contributed by atoms with Crippen LogP contribution in [0.15, 0.2) is 17.4 Å². The summed E-state index contributed by atoms with van der Waals surface area (Å²) < 4.78 is 6.82. The molecule has 4 atom stereocenters. The van der Waals surface area contributed by atoms with Crippen LogP contribution in [0.2, 0.25) is 0 Å². The van der Waals surface area contributed by atoms with Crippen molar-refractivity contribution in [2.24, 2.45) is 0 Å². The maximum Gasteiger partial charge on any atom is 0.278 e. The zero-order valence-electron chi connectivity index (χ0n) is 10.6. The fourth-order valence-electron chi connectivity index (χ4n) is 2.42. The molecule has 0 radical (unpaired) electrons. The molecule has 0 spiro atoms. The van der Waals surface area contributed by atoms with Gasteiger partial charge >= 0.3 is 0 Å². The van der Waals surface area contributed by atoms with Gasteiger partial charge in [0.1, 0.15) is 17.8 Å². The van der Waals surface area contributed by atoms with Gasteiger partial charge in [-0.2, -0.15) is 0 Å². The van der Waals surface area contributed by atoms with Crippen molar-refractivity contribution in [3.8, 4) is 0 Å². The number of rotatable bonds is 2. The van der Waals surface area contributed by atoms with Crippen molar-refractivity contribution in [1.82, 2.24) is 19.5 Å². The minimum absolute atomic E-state index is 0.105. The first kappa shape index (κ1) is 13.2. The molecule has 3 rings (SSSR count). The molecule has 20 heavy (non-hydrogen) atoms. The number of aliphatic hydroxyl groups excluding tert-OH is 2. The SMILES string of the molecule is CC1(O)C(O)[C@@H](CO)O[C@H]1n1cnc2c(=O)[nH]cnc21. The van der Waals surface area contributed by atoms with E-state index >= 15 is 0 Å². The second-order valence-electron chi connectivity index (χ2n) is 4.94. The van der Waals surface area contributed by atoms with Crippen LogP contribution >= 0.6 is 0 Å². The maximum absolute atomic E-state index is 11.6. The Hall–Kier alpha value is -1.81. The lowest BCUT2D eigenvalue weighted by atomic mass is 9.96. The largest absolute Gasteiger partial charge is 0.394 e. The molecule has 4 N–H and O–H groups in total. The minimum atomic E-state index is -1.65. The Balaban J connectivity index is 2.12. The summed E-state index contributed by atoms with van der Waals surface area (Å²) in [5.41, 5.74) is -1.73. The molecule has 2 aromatic heterocycles. The van der Waals surface area contributed by atoms with E-state index in [0.717, 1.165) is 0 Å². The minimum Gasteiger partial charge on any atom is -0.394 e. The number of hydrogen-bond acceptors (Lipinski definition) is 7. The van der Waals surface area contributed by atoms with Gasteiger partial charge in [-0.15, -0.1) is 0 Å². The molecule has 1 fully saturated rings. The number of nitrogens with one attached hydrogen (secondary N) is 1. The second-order valence-corrected chi connectivity index (χ2v) is 4.94. The summed E-state index contributed by atoms with van der Waals surface area (Å²) in [6.45, 7) is 0.950. The molecule has 3 heterocycles. The van der Waals surface area contributed by atoms with Gasteiger partial charge in [-0.3, -0.25) is 9.36 Å². The Morgan fingerprint density at radius 2 is 2.30 bits per heavy atom. The van der Waals surface area contributed by atoms with E-state index in [9.17, 15) is 15.0 Å². The third-order valence-corrected chi connectivity index (χ3v) is 3.55. The molecular weight excluding hydrogens is 268 g/mol. The van der Waals surface area contributed by atoms with Crippen molar-refractivity contribution in [2.45, 2.75) is 31.0 Å². The van der Waals surface area contributed by atoms with Crippen molar-refractivity contribution >= 4 is 11.2 Å². The van der Waals surface area contributed by atoms with Crippen molar-refractivity contribution in [3.63, 3.8) is 0 Å². The standard InChI is InChI=1S/C11H14N4O5/c1-11(19)7(17)5(2-16)20-10(11)15-4-14-6-8(15)12-3-13-9(6)18/h3-5,7,10,16-17,19H,2H2,1H3,(H,12,13,18)/t5-,7?,10-,11?/m1/s1. The number of hydrogen-bond donors (Lipinski definition) is 4. The second kappa shape index (κ2) is 4.35. The molecule has 1 aliphatic heterocycles. The highest BCUT2D eigenvalue weighted by atomic mass is 16.6. The van der Waals surface area contributed by atoms with Crippen LogP contribution < -0.4 is 5.56 Å². The lowest BCUT2D eigenvalue weighted by Gasteiger charge is -2.27. The van der Waals surface area contributed by atoms with E-state index in [1.807, 2.05) is 0 Å². The average Bonchev–Trinajstić information content (AvgIpc) is 2.92. The highest BCUT2D eigenvalue weighted by molar-refractivity contribution is 5.68. The Kier molecular flexibility index (Phi) is 2.87. The molecule has 9 nitrogen and oxygen atoms in total. The smallest absolute Gasteiger partial charge is 0.278 e. The van der Waals surface area contributed by atoms with Crippen LogP contribution in [0.3, 0.4) is 0 Å². The molecule has 108 valence electrons. The fourth-order valence-corrected chi connectivity index (χ4v) is 2.42. The summed E-state index contributed by atoms with van der Waals surface area (Å²) >= 11 is 0. The molecule has 1 saturated heterocycles. The zero-order valence-corrected chi connectivity index (χ0v) is 10.6. The summed E-state index contributed by atoms with van der Waals surface area (Å²) in [5, 5.41) is 29.5. The number of imidazole rings is 1. The zero-order chi connectivity index (χ0) is 14.5. The molecule has 0 aliphatic carbocycles. The van der Waals surface area contributed by atoms with Gasteiger partial charge in [-0.05, 0) is 6.92 Å². The van der Waals surface area contributed by atoms with Crippen molar-refractivity contribution in [1.29, 1.82) is 0 Å². The van der Waals surface area contributed by atoms with Crippen LogP contribution in [-0.4, -0.2) is 59.3 Å². The maximum atomic E-state index is 11.6. The van der Waals surface area contributed by atoms with E-state index in [-0.39, 0.29) is 11.2 Å². The molecule has 2 aromatic rings. The predicted octanol–water partition coefficient (Wildman–Crippen LogP) is -1.88. The van der Waals surface area contributed by atoms with E-state index in [4.69, 9.17) is 9.84 Å². The molecule has 1 aliphatic rings. The van der Waals surface area contributed by atoms with Crippen LogP contribution in [0.1, 0.15) is 13.2 Å². The summed E-state index contributed by atoms with van der Waals surface area (Å²) in [6, 6.07) is 0. The number of H-pyrrole nitrogens is 1. The third kappa shape index (κ3) is 1.68. The highest BCUT2D eigenvalue weighted by Crippen LogP contribution is 2.38. The van der Waals surface area contributed by atoms with E-state index in [1.54, 1.807) is 0 Å². The van der Waals surface area contributed by atoms with Crippen LogP contribution in [0.5, 0.6) is 0 Å². The highest BCUT2D eigenvalue weighted by Gasteiger charge is 2.53. The lowest BCUT2D eigenvalue weighted by Crippen LogP contribution is -2.44. The Morgan fingerprint density at radius 1 is 1.55 bits per heavy atom. The third-order valence-electron chi connectivity index (χ3n) is 3.55. The van der Waals surface area contributed by atoms with E-state index in [2.05, 4.69) is 15.0 Å². The van der Waals surface area contributed by atoms with E-state index in [1.165, 1.54) is 24.1 Å². The number of nitrogens with zero attached hydrogens (tertiary/aromatic N) is 3. The number of ether oxygens (including phenoxy) is 1. The van der Waals surface area contributed by atoms with E-state index < -0.39 is 36.2 Å². The van der Waals surface area contributed by atoms with Crippen LogP contribution in [0, 0.1) is 0 Å². The van der Waals surface area contributed by atoms with Crippen molar-refractivity contribution < 1.29 is 20.1 Å². The number of aliphatic hydroxyl groups is 3. The number of aromatic amines is 1. The van der Waals surface area contributed by atoms with Crippen molar-refractivity contribution in [3.05, 3.63) is 23.0 Å². The number of fused-ring (bicyclic) bond motifs is 1. The first-order valence-corrected chi connectivity index (χ1v) is 6.03. The topological polar surface area (TPSA) is 133 Å². The summed E-state index contributed by atoms with van der Waals surface area (Å²) in [7, 11) is 0. The summed E-state index contributed by atoms with van der Waals surface area (Å²) in [6.07, 6.45) is -0.675. The van der Waals surface area contributed by atoms with Gasteiger partial charge in [0, 0.05) is 0 Å².